The van der Waals surface area contributed by atoms with Gasteiger partial charge in [-0.1, -0.05) is 48.5 Å². The summed E-state index contributed by atoms with van der Waals surface area (Å²) in [5, 5.41) is 4.04. The molecule has 0 saturated carbocycles. The molecule has 1 amide bonds. The van der Waals surface area contributed by atoms with Crippen LogP contribution in [0.1, 0.15) is 37.8 Å². The number of carbonyl (C=O) groups excluding carboxylic acids is 2. The highest BCUT2D eigenvalue weighted by atomic mass is 16.5. The first-order chi connectivity index (χ1) is 14.0. The second kappa shape index (κ2) is 9.92. The molecule has 0 unspecified atom stereocenters. The average molecular weight is 392 g/mol. The third-order valence-corrected chi connectivity index (χ3v) is 5.05. The first-order valence-electron chi connectivity index (χ1n) is 10.1. The Bertz CT molecular complexity index is 949. The van der Waals surface area contributed by atoms with Gasteiger partial charge in [0.15, 0.2) is 6.10 Å². The number of ether oxygens (including phenoxy) is 1. The molecule has 5 nitrogen and oxygen atoms in total. The van der Waals surface area contributed by atoms with Crippen LogP contribution in [0.4, 0.5) is 0 Å². The Morgan fingerprint density at radius 1 is 1.00 bits per heavy atom. The summed E-state index contributed by atoms with van der Waals surface area (Å²) < 4.78 is 5.32. The molecule has 0 spiro atoms. The van der Waals surface area contributed by atoms with Crippen molar-refractivity contribution >= 4 is 22.8 Å². The number of para-hydroxylation sites is 1. The van der Waals surface area contributed by atoms with Gasteiger partial charge in [-0.25, -0.2) is 0 Å². The van der Waals surface area contributed by atoms with E-state index in [9.17, 15) is 9.59 Å². The molecule has 3 aromatic rings. The number of carbonyl (C=O) groups is 2. The van der Waals surface area contributed by atoms with Crippen molar-refractivity contribution in [1.82, 2.24) is 10.3 Å². The molecule has 2 aromatic carbocycles. The standard InChI is InChI=1S/C24H28N2O3/c1-17(12-13-19-8-4-3-5-9-19)26-24(28)18(2)29-23(27)15-14-20-16-25-22-11-7-6-10-21(20)22/h3-11,16-18,25H,12-15H2,1-2H3,(H,26,28)/t17-,18-/m1/s1. The number of esters is 1. The van der Waals surface area contributed by atoms with E-state index in [1.165, 1.54) is 5.56 Å². The average Bonchev–Trinajstić information content (AvgIpc) is 3.14. The van der Waals surface area contributed by atoms with Crippen molar-refractivity contribution in [2.24, 2.45) is 0 Å². The fraction of sp³-hybridized carbons (Fsp3) is 0.333. The first-order valence-corrected chi connectivity index (χ1v) is 10.1. The molecule has 0 aliphatic heterocycles. The van der Waals surface area contributed by atoms with Crippen molar-refractivity contribution in [3.63, 3.8) is 0 Å². The number of rotatable bonds is 9. The largest absolute Gasteiger partial charge is 0.453 e. The number of nitrogens with one attached hydrogen (secondary N) is 2. The van der Waals surface area contributed by atoms with Crippen LogP contribution in [0.3, 0.4) is 0 Å². The minimum atomic E-state index is -0.801. The summed E-state index contributed by atoms with van der Waals surface area (Å²) in [7, 11) is 0. The summed E-state index contributed by atoms with van der Waals surface area (Å²) in [5.74, 6) is -0.624. The molecule has 0 aliphatic rings. The highest BCUT2D eigenvalue weighted by Gasteiger charge is 2.19. The summed E-state index contributed by atoms with van der Waals surface area (Å²) in [5.41, 5.74) is 3.36. The minimum Gasteiger partial charge on any atom is -0.453 e. The quantitative estimate of drug-likeness (QED) is 0.537. The fourth-order valence-electron chi connectivity index (χ4n) is 3.35. The molecule has 2 N–H and O–H groups in total. The molecule has 152 valence electrons. The van der Waals surface area contributed by atoms with Gasteiger partial charge in [0.1, 0.15) is 0 Å². The first kappa shape index (κ1) is 20.6. The fourth-order valence-corrected chi connectivity index (χ4v) is 3.35. The van der Waals surface area contributed by atoms with Crippen molar-refractivity contribution in [1.29, 1.82) is 0 Å². The zero-order valence-electron chi connectivity index (χ0n) is 17.0. The van der Waals surface area contributed by atoms with Gasteiger partial charge in [0.2, 0.25) is 0 Å². The van der Waals surface area contributed by atoms with E-state index in [0.717, 1.165) is 29.3 Å². The van der Waals surface area contributed by atoms with E-state index in [4.69, 9.17) is 4.74 Å². The van der Waals surface area contributed by atoms with E-state index in [-0.39, 0.29) is 24.3 Å². The zero-order valence-corrected chi connectivity index (χ0v) is 17.0. The lowest BCUT2D eigenvalue weighted by Crippen LogP contribution is -2.41. The number of H-pyrrole nitrogens is 1. The van der Waals surface area contributed by atoms with E-state index < -0.39 is 6.10 Å². The van der Waals surface area contributed by atoms with E-state index in [1.807, 2.05) is 55.6 Å². The van der Waals surface area contributed by atoms with E-state index >= 15 is 0 Å². The third kappa shape index (κ3) is 5.95. The van der Waals surface area contributed by atoms with Crippen LogP contribution in [0.25, 0.3) is 10.9 Å². The predicted molar refractivity (Wildman–Crippen MR) is 115 cm³/mol. The van der Waals surface area contributed by atoms with Gasteiger partial charge in [0, 0.05) is 29.6 Å². The maximum absolute atomic E-state index is 12.3. The van der Waals surface area contributed by atoms with Crippen molar-refractivity contribution in [2.75, 3.05) is 0 Å². The number of fused-ring (bicyclic) bond motifs is 1. The van der Waals surface area contributed by atoms with Crippen LogP contribution in [0.2, 0.25) is 0 Å². The molecule has 0 aliphatic carbocycles. The number of hydrogen-bond acceptors (Lipinski definition) is 3. The van der Waals surface area contributed by atoms with Gasteiger partial charge in [0.25, 0.3) is 5.91 Å². The van der Waals surface area contributed by atoms with Crippen LogP contribution in [-0.4, -0.2) is 29.0 Å². The number of amides is 1. The van der Waals surface area contributed by atoms with Gasteiger partial charge >= 0.3 is 5.97 Å². The topological polar surface area (TPSA) is 71.2 Å². The Kier molecular flexibility index (Phi) is 7.06. The van der Waals surface area contributed by atoms with Crippen molar-refractivity contribution in [3.8, 4) is 0 Å². The summed E-state index contributed by atoms with van der Waals surface area (Å²) in [6, 6.07) is 18.1. The molecule has 2 atom stereocenters. The summed E-state index contributed by atoms with van der Waals surface area (Å²) in [6.07, 6.45) is 3.65. The van der Waals surface area contributed by atoms with Gasteiger partial charge in [-0.05, 0) is 50.3 Å². The molecule has 0 bridgehead atoms. The molecule has 0 saturated heterocycles. The van der Waals surface area contributed by atoms with E-state index in [0.29, 0.717) is 6.42 Å². The molecule has 1 heterocycles. The smallest absolute Gasteiger partial charge is 0.306 e. The maximum Gasteiger partial charge on any atom is 0.306 e. The predicted octanol–water partition coefficient (Wildman–Crippen LogP) is 4.17. The monoisotopic (exact) mass is 392 g/mol. The van der Waals surface area contributed by atoms with Gasteiger partial charge in [-0.15, -0.1) is 0 Å². The molecule has 5 heteroatoms. The van der Waals surface area contributed by atoms with Crippen LogP contribution >= 0.6 is 0 Å². The molecule has 0 fully saturated rings. The Morgan fingerprint density at radius 3 is 2.52 bits per heavy atom. The highest BCUT2D eigenvalue weighted by Crippen LogP contribution is 2.19. The molecule has 0 radical (unpaired) electrons. The van der Waals surface area contributed by atoms with Crippen LogP contribution in [0.5, 0.6) is 0 Å². The van der Waals surface area contributed by atoms with Crippen molar-refractivity contribution in [3.05, 3.63) is 71.9 Å². The number of hydrogen-bond donors (Lipinski definition) is 2. The highest BCUT2D eigenvalue weighted by molar-refractivity contribution is 5.85. The maximum atomic E-state index is 12.3. The molecular weight excluding hydrogens is 364 g/mol. The minimum absolute atomic E-state index is 0.00933. The summed E-state index contributed by atoms with van der Waals surface area (Å²) >= 11 is 0. The molecule has 1 aromatic heterocycles. The second-order valence-corrected chi connectivity index (χ2v) is 7.43. The van der Waals surface area contributed by atoms with Crippen LogP contribution in [-0.2, 0) is 27.2 Å². The van der Waals surface area contributed by atoms with Gasteiger partial charge in [0.05, 0.1) is 0 Å². The van der Waals surface area contributed by atoms with Gasteiger partial charge < -0.3 is 15.0 Å². The zero-order chi connectivity index (χ0) is 20.6. The lowest BCUT2D eigenvalue weighted by Gasteiger charge is -2.18. The number of benzene rings is 2. The SMILES string of the molecule is C[C@H](CCc1ccccc1)NC(=O)[C@@H](C)OC(=O)CCc1c[nH]c2ccccc12. The third-order valence-electron chi connectivity index (χ3n) is 5.05. The van der Waals surface area contributed by atoms with Gasteiger partial charge in [-0.2, -0.15) is 0 Å². The Morgan fingerprint density at radius 2 is 1.72 bits per heavy atom. The molecular formula is C24H28N2O3. The van der Waals surface area contributed by atoms with E-state index in [1.54, 1.807) is 6.92 Å². The lowest BCUT2D eigenvalue weighted by molar-refractivity contribution is -0.155. The Hall–Kier alpha value is -3.08. The van der Waals surface area contributed by atoms with Gasteiger partial charge in [-0.3, -0.25) is 9.59 Å². The number of aromatic amines is 1. The summed E-state index contributed by atoms with van der Waals surface area (Å²) in [4.78, 5) is 27.7. The Balaban J connectivity index is 1.40. The lowest BCUT2D eigenvalue weighted by atomic mass is 10.1. The summed E-state index contributed by atoms with van der Waals surface area (Å²) in [6.45, 7) is 3.58. The number of aromatic nitrogens is 1. The Labute approximate surface area is 171 Å². The number of aryl methyl sites for hydroxylation is 2. The second-order valence-electron chi connectivity index (χ2n) is 7.43. The molecule has 3 rings (SSSR count). The van der Waals surface area contributed by atoms with Crippen molar-refractivity contribution in [2.45, 2.75) is 51.7 Å². The van der Waals surface area contributed by atoms with Crippen LogP contribution in [0, 0.1) is 0 Å². The van der Waals surface area contributed by atoms with Crippen LogP contribution < -0.4 is 5.32 Å². The van der Waals surface area contributed by atoms with Crippen LogP contribution in [0.15, 0.2) is 60.8 Å². The molecule has 29 heavy (non-hydrogen) atoms. The van der Waals surface area contributed by atoms with Crippen molar-refractivity contribution < 1.29 is 14.3 Å². The normalized spacial score (nSPS) is 13.0. The van der Waals surface area contributed by atoms with E-state index in [2.05, 4.69) is 22.4 Å².